The molecule has 0 aliphatic carbocycles. The van der Waals surface area contributed by atoms with Gasteiger partial charge in [0.1, 0.15) is 0 Å². The number of rotatable bonds is 2. The molecule has 8 heavy (non-hydrogen) atoms. The number of halogens is 1. The van der Waals surface area contributed by atoms with E-state index < -0.39 is 18.7 Å². The van der Waals surface area contributed by atoms with Crippen molar-refractivity contribution in [3.63, 3.8) is 0 Å². The second-order valence-electron chi connectivity index (χ2n) is 1.01. The van der Waals surface area contributed by atoms with Crippen LogP contribution in [0.25, 0.3) is 0 Å². The van der Waals surface area contributed by atoms with Gasteiger partial charge in [-0.25, -0.2) is 4.39 Å². The molecule has 42 valence electrons. The molecule has 0 aromatic carbocycles. The number of carbonyl (C=O) groups excluding carboxylic acids is 1. The number of aliphatic carboxylic acids is 1. The van der Waals surface area contributed by atoms with Crippen molar-refractivity contribution in [1.29, 1.82) is 0 Å². The fourth-order valence-corrected chi connectivity index (χ4v) is 0.138. The minimum atomic E-state index is -2.29. The molecule has 1 N–H and O–H groups in total. The first-order valence-electron chi connectivity index (χ1n) is 1.65. The van der Waals surface area contributed by atoms with E-state index in [9.17, 15) is 14.3 Å². The van der Waals surface area contributed by atoms with E-state index in [4.69, 9.17) is 5.11 Å². The van der Waals surface area contributed by atoms with E-state index in [0.717, 1.165) is 0 Å². The van der Waals surface area contributed by atoms with Crippen molar-refractivity contribution in [3.05, 3.63) is 0 Å². The zero-order valence-electron chi connectivity index (χ0n) is 4.43. The van der Waals surface area contributed by atoms with Crippen LogP contribution >= 0.6 is 0 Å². The van der Waals surface area contributed by atoms with Crippen LogP contribution in [-0.2, 0) is 4.79 Å². The number of hydrogen-bond acceptors (Lipinski definition) is 3. The molecule has 0 aromatic heterocycles. The van der Waals surface area contributed by atoms with E-state index in [1.165, 1.54) is 0 Å². The van der Waals surface area contributed by atoms with Crippen LogP contribution in [0.5, 0.6) is 0 Å². The molecule has 0 rings (SSSR count). The summed E-state index contributed by atoms with van der Waals surface area (Å²) in [5.74, 6) is -1.59. The molecule has 0 bridgehead atoms. The van der Waals surface area contributed by atoms with Gasteiger partial charge in [0.05, 0.1) is 0 Å². The van der Waals surface area contributed by atoms with Gasteiger partial charge in [-0.3, -0.25) is 0 Å². The van der Waals surface area contributed by atoms with Crippen LogP contribution in [0, 0.1) is 0 Å². The molecule has 0 fully saturated rings. The van der Waals surface area contributed by atoms with Crippen molar-refractivity contribution in [2.24, 2.45) is 0 Å². The number of aliphatic hydroxyl groups is 1. The van der Waals surface area contributed by atoms with Gasteiger partial charge in [-0.05, 0) is 0 Å². The molecule has 0 spiro atoms. The van der Waals surface area contributed by atoms with Crippen molar-refractivity contribution in [1.82, 2.24) is 0 Å². The van der Waals surface area contributed by atoms with Crippen molar-refractivity contribution in [2.45, 2.75) is 12.8 Å². The zero-order chi connectivity index (χ0) is 5.86. The van der Waals surface area contributed by atoms with Crippen LogP contribution in [0.4, 0.5) is 4.39 Å². The van der Waals surface area contributed by atoms with Crippen LogP contribution in [0.15, 0.2) is 0 Å². The van der Waals surface area contributed by atoms with Gasteiger partial charge in [0.25, 0.3) is 0 Å². The van der Waals surface area contributed by atoms with Crippen LogP contribution < -0.4 is 34.7 Å². The topological polar surface area (TPSA) is 60.4 Å². The van der Waals surface area contributed by atoms with Crippen LogP contribution in [-0.4, -0.2) is 17.4 Å². The third kappa shape index (κ3) is 9.61. The van der Waals surface area contributed by atoms with Crippen molar-refractivity contribution < 1.29 is 49.0 Å². The standard InChI is InChI=1S/C3H5FO3.Na/c4-2(5)1-3(6)7;/h2,5H,1H2,(H,6,7);/q;+1/p-1. The summed E-state index contributed by atoms with van der Waals surface area (Å²) in [7, 11) is 0. The minimum absolute atomic E-state index is 0. The molecule has 3 nitrogen and oxygen atoms in total. The summed E-state index contributed by atoms with van der Waals surface area (Å²) in [5.41, 5.74) is 0. The maximum Gasteiger partial charge on any atom is 1.00 e. The molecule has 0 heterocycles. The predicted octanol–water partition coefficient (Wildman–Crippen LogP) is -4.58. The van der Waals surface area contributed by atoms with E-state index in [1.807, 2.05) is 0 Å². The predicted molar refractivity (Wildman–Crippen MR) is 16.7 cm³/mol. The van der Waals surface area contributed by atoms with Gasteiger partial charge in [-0.15, -0.1) is 0 Å². The monoisotopic (exact) mass is 130 g/mol. The number of carboxylic acids is 1. The maximum absolute atomic E-state index is 11.1. The van der Waals surface area contributed by atoms with Crippen molar-refractivity contribution in [3.8, 4) is 0 Å². The fraction of sp³-hybridized carbons (Fsp3) is 0.667. The summed E-state index contributed by atoms with van der Waals surface area (Å²) in [4.78, 5) is 9.30. The third-order valence-corrected chi connectivity index (χ3v) is 0.335. The molecule has 0 radical (unpaired) electrons. The van der Waals surface area contributed by atoms with Crippen LogP contribution in [0.3, 0.4) is 0 Å². The average molecular weight is 130 g/mol. The molecule has 0 saturated carbocycles. The molecule has 0 aliphatic heterocycles. The van der Waals surface area contributed by atoms with Gasteiger partial charge < -0.3 is 15.0 Å². The number of carbonyl (C=O) groups is 1. The Labute approximate surface area is 67.8 Å². The van der Waals surface area contributed by atoms with Crippen molar-refractivity contribution in [2.75, 3.05) is 0 Å². The molecule has 0 saturated heterocycles. The second-order valence-corrected chi connectivity index (χ2v) is 1.01. The summed E-state index contributed by atoms with van der Waals surface area (Å²) < 4.78 is 11.1. The quantitative estimate of drug-likeness (QED) is 0.383. The van der Waals surface area contributed by atoms with Gasteiger partial charge in [0.15, 0.2) is 0 Å². The van der Waals surface area contributed by atoms with E-state index >= 15 is 0 Å². The van der Waals surface area contributed by atoms with E-state index in [2.05, 4.69) is 0 Å². The summed E-state index contributed by atoms with van der Waals surface area (Å²) in [6.45, 7) is 0. The Bertz CT molecular complexity index is 74.9. The van der Waals surface area contributed by atoms with E-state index in [1.54, 1.807) is 0 Å². The van der Waals surface area contributed by atoms with Gasteiger partial charge in [0, 0.05) is 12.4 Å². The first kappa shape index (κ1) is 11.2. The Morgan fingerprint density at radius 1 is 1.88 bits per heavy atom. The molecule has 0 aromatic rings. The Morgan fingerprint density at radius 3 is 2.25 bits per heavy atom. The Balaban J connectivity index is 0. The van der Waals surface area contributed by atoms with Gasteiger partial charge in [-0.1, -0.05) is 0 Å². The van der Waals surface area contributed by atoms with E-state index in [0.29, 0.717) is 0 Å². The average Bonchev–Trinajstić information content (AvgIpc) is 1.27. The Kier molecular flexibility index (Phi) is 7.69. The summed E-state index contributed by atoms with van der Waals surface area (Å²) in [6.07, 6.45) is -3.23. The fourth-order valence-electron chi connectivity index (χ4n) is 0.138. The first-order valence-corrected chi connectivity index (χ1v) is 1.65. The molecule has 1 atom stereocenters. The molecular formula is C3H4FNaO3. The van der Waals surface area contributed by atoms with Gasteiger partial charge in [0.2, 0.25) is 6.36 Å². The second kappa shape index (κ2) is 5.50. The smallest absolute Gasteiger partial charge is 0.550 e. The summed E-state index contributed by atoms with van der Waals surface area (Å²) in [5, 5.41) is 16.9. The van der Waals surface area contributed by atoms with Gasteiger partial charge >= 0.3 is 29.6 Å². The maximum atomic E-state index is 11.1. The number of hydrogen-bond donors (Lipinski definition) is 1. The van der Waals surface area contributed by atoms with Crippen LogP contribution in [0.2, 0.25) is 0 Å². The molecule has 0 amide bonds. The molecule has 5 heteroatoms. The Hall–Kier alpha value is 0.360. The zero-order valence-corrected chi connectivity index (χ0v) is 6.43. The number of alkyl halides is 1. The molecule has 1 unspecified atom stereocenters. The normalized spacial score (nSPS) is 11.8. The number of carboxylic acid groups (broad SMARTS) is 1. The molecular weight excluding hydrogens is 126 g/mol. The van der Waals surface area contributed by atoms with Crippen LogP contribution in [0.1, 0.15) is 6.42 Å². The molecule has 0 aliphatic rings. The van der Waals surface area contributed by atoms with E-state index in [-0.39, 0.29) is 29.6 Å². The first-order chi connectivity index (χ1) is 3.13. The largest absolute Gasteiger partial charge is 1.00 e. The Morgan fingerprint density at radius 2 is 2.25 bits per heavy atom. The summed E-state index contributed by atoms with van der Waals surface area (Å²) >= 11 is 0. The SMILES string of the molecule is O=C([O-])CC(O)F.[Na+]. The number of aliphatic hydroxyl groups excluding tert-OH is 1. The third-order valence-electron chi connectivity index (χ3n) is 0.335. The van der Waals surface area contributed by atoms with Gasteiger partial charge in [-0.2, -0.15) is 0 Å². The minimum Gasteiger partial charge on any atom is -0.550 e. The summed E-state index contributed by atoms with van der Waals surface area (Å²) in [6, 6.07) is 0. The van der Waals surface area contributed by atoms with Crippen molar-refractivity contribution >= 4 is 5.97 Å².